The number of likely N-dealkylation sites (tertiary alicyclic amines) is 1. The van der Waals surface area contributed by atoms with Crippen LogP contribution in [0.5, 0.6) is 0 Å². The number of hydrogen-bond acceptors (Lipinski definition) is 4. The third-order valence-corrected chi connectivity index (χ3v) is 6.80. The Labute approximate surface area is 210 Å². The first-order valence-corrected chi connectivity index (χ1v) is 11.6. The standard InChI is InChI=1S/C26H24F4N4O3/c1-16(2)23(36)32-10-9-25(15-32)24(37)33(21-8-5-18(12-31)11-20(21)27)14-22(35)34(25)13-17-3-6-19(7-4-17)26(28,29)30/h3-8,11,16H,9-10,13-15H2,1-2H3/t25-/m0/s1. The molecular formula is C26H24F4N4O3. The molecule has 11 heteroatoms. The molecule has 194 valence electrons. The van der Waals surface area contributed by atoms with Crippen LogP contribution < -0.4 is 4.90 Å². The van der Waals surface area contributed by atoms with Crippen molar-refractivity contribution in [2.75, 3.05) is 24.5 Å². The minimum atomic E-state index is -4.52. The number of rotatable bonds is 4. The molecule has 1 atom stereocenters. The number of halogens is 4. The van der Waals surface area contributed by atoms with Gasteiger partial charge in [-0.1, -0.05) is 26.0 Å². The molecule has 2 aromatic rings. The van der Waals surface area contributed by atoms with Gasteiger partial charge in [0, 0.05) is 19.0 Å². The molecule has 4 rings (SSSR count). The molecule has 7 nitrogen and oxygen atoms in total. The van der Waals surface area contributed by atoms with Gasteiger partial charge in [0.1, 0.15) is 17.9 Å². The maximum Gasteiger partial charge on any atom is 0.416 e. The molecular weight excluding hydrogens is 492 g/mol. The van der Waals surface area contributed by atoms with Gasteiger partial charge < -0.3 is 9.80 Å². The van der Waals surface area contributed by atoms with Crippen molar-refractivity contribution in [3.63, 3.8) is 0 Å². The number of anilines is 1. The van der Waals surface area contributed by atoms with E-state index in [4.69, 9.17) is 5.26 Å². The zero-order valence-electron chi connectivity index (χ0n) is 20.2. The lowest BCUT2D eigenvalue weighted by molar-refractivity contribution is -0.152. The van der Waals surface area contributed by atoms with Crippen molar-refractivity contribution in [3.05, 3.63) is 65.0 Å². The molecule has 0 bridgehead atoms. The van der Waals surface area contributed by atoms with Crippen LogP contribution >= 0.6 is 0 Å². The molecule has 2 aliphatic rings. The lowest BCUT2D eigenvalue weighted by atomic mass is 9.89. The molecule has 1 spiro atoms. The van der Waals surface area contributed by atoms with Gasteiger partial charge in [-0.05, 0) is 42.3 Å². The van der Waals surface area contributed by atoms with Crippen LogP contribution in [0.1, 0.15) is 37.0 Å². The molecule has 2 saturated heterocycles. The zero-order chi connectivity index (χ0) is 27.1. The number of alkyl halides is 3. The molecule has 37 heavy (non-hydrogen) atoms. The summed E-state index contributed by atoms with van der Waals surface area (Å²) in [6.07, 6.45) is -4.43. The van der Waals surface area contributed by atoms with Gasteiger partial charge in [-0.3, -0.25) is 19.3 Å². The van der Waals surface area contributed by atoms with Crippen molar-refractivity contribution >= 4 is 23.4 Å². The molecule has 0 N–H and O–H groups in total. The van der Waals surface area contributed by atoms with E-state index in [1.165, 1.54) is 34.1 Å². The first-order chi connectivity index (χ1) is 17.4. The topological polar surface area (TPSA) is 84.7 Å². The van der Waals surface area contributed by atoms with Crippen LogP contribution in [0.3, 0.4) is 0 Å². The normalized spacial score (nSPS) is 20.2. The number of carbonyl (C=O) groups excluding carboxylic acids is 3. The number of piperazine rings is 1. The van der Waals surface area contributed by atoms with Gasteiger partial charge >= 0.3 is 6.18 Å². The minimum Gasteiger partial charge on any atom is -0.339 e. The summed E-state index contributed by atoms with van der Waals surface area (Å²) in [6.45, 7) is 2.82. The fourth-order valence-electron chi connectivity index (χ4n) is 4.85. The van der Waals surface area contributed by atoms with Gasteiger partial charge in [-0.2, -0.15) is 18.4 Å². The SMILES string of the molecule is CC(C)C(=O)N1CC[C@]2(C1)C(=O)N(c1ccc(C#N)cc1F)CC(=O)N2Cc1ccc(C(F)(F)F)cc1. The van der Waals surface area contributed by atoms with Gasteiger partial charge in [0.2, 0.25) is 11.8 Å². The highest BCUT2D eigenvalue weighted by Gasteiger charge is 2.57. The smallest absolute Gasteiger partial charge is 0.339 e. The molecule has 2 aromatic carbocycles. The first kappa shape index (κ1) is 26.1. The zero-order valence-corrected chi connectivity index (χ0v) is 20.2. The second-order valence-corrected chi connectivity index (χ2v) is 9.54. The molecule has 3 amide bonds. The third-order valence-electron chi connectivity index (χ3n) is 6.80. The van der Waals surface area contributed by atoms with Crippen molar-refractivity contribution in [2.45, 2.75) is 38.5 Å². The second kappa shape index (κ2) is 9.50. The summed E-state index contributed by atoms with van der Waals surface area (Å²) in [5.74, 6) is -2.56. The highest BCUT2D eigenvalue weighted by Crippen LogP contribution is 2.38. The van der Waals surface area contributed by atoms with E-state index in [-0.39, 0.29) is 49.1 Å². The summed E-state index contributed by atoms with van der Waals surface area (Å²) >= 11 is 0. The van der Waals surface area contributed by atoms with Crippen LogP contribution in [-0.4, -0.2) is 52.7 Å². The summed E-state index contributed by atoms with van der Waals surface area (Å²) < 4.78 is 53.9. The Kier molecular flexibility index (Phi) is 6.71. The third kappa shape index (κ3) is 4.75. The number of amides is 3. The molecule has 0 aliphatic carbocycles. The fraction of sp³-hybridized carbons (Fsp3) is 0.385. The van der Waals surface area contributed by atoms with Crippen molar-refractivity contribution in [1.82, 2.24) is 9.80 Å². The fourth-order valence-corrected chi connectivity index (χ4v) is 4.85. The lowest BCUT2D eigenvalue weighted by Gasteiger charge is -2.47. The second-order valence-electron chi connectivity index (χ2n) is 9.54. The highest BCUT2D eigenvalue weighted by atomic mass is 19.4. The summed E-state index contributed by atoms with van der Waals surface area (Å²) in [6, 6.07) is 9.66. The molecule has 2 heterocycles. The van der Waals surface area contributed by atoms with Crippen molar-refractivity contribution in [3.8, 4) is 6.07 Å². The summed E-state index contributed by atoms with van der Waals surface area (Å²) in [5, 5.41) is 9.03. The predicted molar refractivity (Wildman–Crippen MR) is 124 cm³/mol. The van der Waals surface area contributed by atoms with E-state index in [9.17, 15) is 31.9 Å². The maximum absolute atomic E-state index is 14.9. The van der Waals surface area contributed by atoms with E-state index in [0.29, 0.717) is 5.56 Å². The predicted octanol–water partition coefficient (Wildman–Crippen LogP) is 3.72. The Morgan fingerprint density at radius 2 is 1.81 bits per heavy atom. The van der Waals surface area contributed by atoms with E-state index in [1.807, 2.05) is 6.07 Å². The van der Waals surface area contributed by atoms with Gasteiger partial charge in [0.25, 0.3) is 5.91 Å². The number of benzene rings is 2. The molecule has 0 aromatic heterocycles. The molecule has 0 unspecified atom stereocenters. The lowest BCUT2D eigenvalue weighted by Crippen LogP contribution is -2.69. The number of hydrogen-bond donors (Lipinski definition) is 0. The molecule has 0 radical (unpaired) electrons. The summed E-state index contributed by atoms with van der Waals surface area (Å²) in [4.78, 5) is 43.9. The summed E-state index contributed by atoms with van der Waals surface area (Å²) in [7, 11) is 0. The van der Waals surface area contributed by atoms with Crippen LogP contribution in [0.15, 0.2) is 42.5 Å². The van der Waals surface area contributed by atoms with Crippen molar-refractivity contribution < 1.29 is 31.9 Å². The van der Waals surface area contributed by atoms with Gasteiger partial charge in [0.05, 0.1) is 29.4 Å². The Balaban J connectivity index is 1.72. The van der Waals surface area contributed by atoms with Crippen molar-refractivity contribution in [2.24, 2.45) is 5.92 Å². The highest BCUT2D eigenvalue weighted by molar-refractivity contribution is 6.10. The maximum atomic E-state index is 14.9. The molecule has 0 saturated carbocycles. The Hall–Kier alpha value is -3.94. The Morgan fingerprint density at radius 3 is 2.38 bits per heavy atom. The quantitative estimate of drug-likeness (QED) is 0.580. The van der Waals surface area contributed by atoms with Gasteiger partial charge in [-0.25, -0.2) is 4.39 Å². The number of nitrogens with zero attached hydrogens (tertiary/aromatic N) is 4. The van der Waals surface area contributed by atoms with E-state index in [2.05, 4.69) is 0 Å². The van der Waals surface area contributed by atoms with Crippen LogP contribution in [0, 0.1) is 23.1 Å². The van der Waals surface area contributed by atoms with Crippen LogP contribution in [-0.2, 0) is 27.1 Å². The molecule has 2 fully saturated rings. The monoisotopic (exact) mass is 516 g/mol. The first-order valence-electron chi connectivity index (χ1n) is 11.6. The van der Waals surface area contributed by atoms with Crippen LogP contribution in [0.2, 0.25) is 0 Å². The number of carbonyl (C=O) groups is 3. The van der Waals surface area contributed by atoms with E-state index >= 15 is 0 Å². The average Bonchev–Trinajstić information content (AvgIpc) is 3.29. The minimum absolute atomic E-state index is 0.0465. The largest absolute Gasteiger partial charge is 0.416 e. The number of nitriles is 1. The van der Waals surface area contributed by atoms with Gasteiger partial charge in [0.15, 0.2) is 0 Å². The Morgan fingerprint density at radius 1 is 1.14 bits per heavy atom. The molecule has 2 aliphatic heterocycles. The Bertz CT molecular complexity index is 1290. The van der Waals surface area contributed by atoms with E-state index in [1.54, 1.807) is 13.8 Å². The van der Waals surface area contributed by atoms with Gasteiger partial charge in [-0.15, -0.1) is 0 Å². The van der Waals surface area contributed by atoms with Crippen LogP contribution in [0.4, 0.5) is 23.2 Å². The van der Waals surface area contributed by atoms with Crippen molar-refractivity contribution in [1.29, 1.82) is 5.26 Å². The average molecular weight is 516 g/mol. The van der Waals surface area contributed by atoms with E-state index in [0.717, 1.165) is 23.1 Å². The summed E-state index contributed by atoms with van der Waals surface area (Å²) in [5.41, 5.74) is -2.11. The van der Waals surface area contributed by atoms with Crippen LogP contribution in [0.25, 0.3) is 0 Å². The van der Waals surface area contributed by atoms with E-state index < -0.39 is 41.5 Å².